The summed E-state index contributed by atoms with van der Waals surface area (Å²) in [6.45, 7) is 4.82. The largest absolute Gasteiger partial charge is 0.354 e. The van der Waals surface area contributed by atoms with E-state index >= 15 is 0 Å². The quantitative estimate of drug-likeness (QED) is 0.331. The van der Waals surface area contributed by atoms with Crippen LogP contribution in [0.25, 0.3) is 0 Å². The van der Waals surface area contributed by atoms with Crippen LogP contribution in [0.2, 0.25) is 0 Å². The highest BCUT2D eigenvalue weighted by molar-refractivity contribution is 14.0. The number of guanidine groups is 1. The summed E-state index contributed by atoms with van der Waals surface area (Å²) in [4.78, 5) is 21.8. The van der Waals surface area contributed by atoms with Crippen molar-refractivity contribution in [2.75, 3.05) is 39.8 Å². The van der Waals surface area contributed by atoms with Crippen molar-refractivity contribution in [3.8, 4) is 0 Å². The van der Waals surface area contributed by atoms with Gasteiger partial charge < -0.3 is 15.5 Å². The molecule has 1 amide bonds. The molecule has 0 aromatic heterocycles. The Kier molecular flexibility index (Phi) is 9.44. The SMILES string of the molecule is CN=C(NCC(c1ccccc1)N1CCCC1)NC1CCN(C(=O)C2CCCC2)C1.I. The van der Waals surface area contributed by atoms with Crippen molar-refractivity contribution in [3.05, 3.63) is 35.9 Å². The third kappa shape index (κ3) is 6.34. The fourth-order valence-electron chi connectivity index (χ4n) is 5.28. The molecule has 6 nitrogen and oxygen atoms in total. The normalized spacial score (nSPS) is 23.6. The van der Waals surface area contributed by atoms with E-state index in [4.69, 9.17) is 0 Å². The molecule has 2 aliphatic heterocycles. The molecule has 0 spiro atoms. The molecule has 1 aliphatic carbocycles. The predicted molar refractivity (Wildman–Crippen MR) is 137 cm³/mol. The number of rotatable bonds is 6. The van der Waals surface area contributed by atoms with Gasteiger partial charge in [-0.1, -0.05) is 43.2 Å². The molecule has 0 bridgehead atoms. The summed E-state index contributed by atoms with van der Waals surface area (Å²) < 4.78 is 0. The molecule has 1 aromatic rings. The van der Waals surface area contributed by atoms with Crippen LogP contribution in [0.4, 0.5) is 0 Å². The molecule has 2 atom stereocenters. The molecule has 2 N–H and O–H groups in total. The van der Waals surface area contributed by atoms with Gasteiger partial charge in [-0.15, -0.1) is 24.0 Å². The maximum Gasteiger partial charge on any atom is 0.225 e. The van der Waals surface area contributed by atoms with Crippen molar-refractivity contribution >= 4 is 35.8 Å². The minimum atomic E-state index is 0. The monoisotopic (exact) mass is 539 g/mol. The minimum Gasteiger partial charge on any atom is -0.354 e. The fraction of sp³-hybridized carbons (Fsp3) is 0.667. The number of hydrogen-bond acceptors (Lipinski definition) is 3. The van der Waals surface area contributed by atoms with E-state index in [0.29, 0.717) is 11.9 Å². The molecule has 3 aliphatic rings. The van der Waals surface area contributed by atoms with Crippen LogP contribution in [0.1, 0.15) is 56.6 Å². The van der Waals surface area contributed by atoms with E-state index in [1.54, 1.807) is 0 Å². The summed E-state index contributed by atoms with van der Waals surface area (Å²) in [6, 6.07) is 11.4. The standard InChI is InChI=1S/C24H37N5O.HI/c1-25-24(27-21-13-16-29(18-21)23(30)20-11-5-6-12-20)26-17-22(28-14-7-8-15-28)19-9-3-2-4-10-19;/h2-4,9-10,20-22H,5-8,11-18H2,1H3,(H2,25,26,27);1H. The molecule has 31 heavy (non-hydrogen) atoms. The Morgan fingerprint density at radius 2 is 1.77 bits per heavy atom. The molecule has 1 aromatic carbocycles. The molecule has 0 radical (unpaired) electrons. The summed E-state index contributed by atoms with van der Waals surface area (Å²) >= 11 is 0. The Morgan fingerprint density at radius 1 is 1.06 bits per heavy atom. The fourth-order valence-corrected chi connectivity index (χ4v) is 5.28. The molecule has 3 fully saturated rings. The lowest BCUT2D eigenvalue weighted by atomic mass is 10.1. The second-order valence-corrected chi connectivity index (χ2v) is 9.02. The first-order valence-corrected chi connectivity index (χ1v) is 11.8. The summed E-state index contributed by atoms with van der Waals surface area (Å²) in [6.07, 6.45) is 8.13. The van der Waals surface area contributed by atoms with Gasteiger partial charge >= 0.3 is 0 Å². The summed E-state index contributed by atoms with van der Waals surface area (Å²) in [5.74, 6) is 1.49. The average Bonchev–Trinajstić information content (AvgIpc) is 3.56. The summed E-state index contributed by atoms with van der Waals surface area (Å²) in [5.41, 5.74) is 1.36. The van der Waals surface area contributed by atoms with E-state index in [1.807, 2.05) is 7.05 Å². The van der Waals surface area contributed by atoms with Crippen LogP contribution in [0.3, 0.4) is 0 Å². The van der Waals surface area contributed by atoms with Gasteiger partial charge in [0.15, 0.2) is 5.96 Å². The second-order valence-electron chi connectivity index (χ2n) is 9.02. The lowest BCUT2D eigenvalue weighted by Crippen LogP contribution is -2.47. The van der Waals surface area contributed by atoms with Gasteiger partial charge in [0.1, 0.15) is 0 Å². The third-order valence-corrected chi connectivity index (χ3v) is 7.00. The van der Waals surface area contributed by atoms with Gasteiger partial charge in [0.05, 0.1) is 6.04 Å². The first-order valence-electron chi connectivity index (χ1n) is 11.8. The highest BCUT2D eigenvalue weighted by atomic mass is 127. The first kappa shape index (κ1) is 24.3. The maximum atomic E-state index is 12.7. The Bertz CT molecular complexity index is 716. The van der Waals surface area contributed by atoms with Crippen molar-refractivity contribution in [2.45, 2.75) is 57.0 Å². The highest BCUT2D eigenvalue weighted by Crippen LogP contribution is 2.28. The zero-order valence-corrected chi connectivity index (χ0v) is 21.1. The Labute approximate surface area is 204 Å². The van der Waals surface area contributed by atoms with Gasteiger partial charge in [0.2, 0.25) is 5.91 Å². The highest BCUT2D eigenvalue weighted by Gasteiger charge is 2.32. The zero-order valence-electron chi connectivity index (χ0n) is 18.8. The maximum absolute atomic E-state index is 12.7. The van der Waals surface area contributed by atoms with Crippen LogP contribution in [0.15, 0.2) is 35.3 Å². The Morgan fingerprint density at radius 3 is 2.45 bits per heavy atom. The van der Waals surface area contributed by atoms with Crippen molar-refractivity contribution in [1.29, 1.82) is 0 Å². The van der Waals surface area contributed by atoms with Crippen LogP contribution in [0.5, 0.6) is 0 Å². The van der Waals surface area contributed by atoms with Crippen molar-refractivity contribution < 1.29 is 4.79 Å². The van der Waals surface area contributed by atoms with Crippen LogP contribution in [0, 0.1) is 5.92 Å². The number of amides is 1. The van der Waals surface area contributed by atoms with Gasteiger partial charge in [0.25, 0.3) is 0 Å². The molecule has 2 saturated heterocycles. The van der Waals surface area contributed by atoms with Crippen LogP contribution in [-0.4, -0.2) is 67.5 Å². The van der Waals surface area contributed by atoms with Crippen LogP contribution in [-0.2, 0) is 4.79 Å². The zero-order chi connectivity index (χ0) is 20.8. The Balaban J connectivity index is 0.00000272. The number of aliphatic imine (C=N–C) groups is 1. The summed E-state index contributed by atoms with van der Waals surface area (Å²) in [5, 5.41) is 7.13. The summed E-state index contributed by atoms with van der Waals surface area (Å²) in [7, 11) is 1.83. The first-order chi connectivity index (χ1) is 14.7. The van der Waals surface area contributed by atoms with Crippen LogP contribution < -0.4 is 10.6 Å². The van der Waals surface area contributed by atoms with Gasteiger partial charge in [-0.25, -0.2) is 0 Å². The molecule has 4 rings (SSSR count). The van der Waals surface area contributed by atoms with Crippen molar-refractivity contribution in [3.63, 3.8) is 0 Å². The number of hydrogen-bond donors (Lipinski definition) is 2. The van der Waals surface area contributed by atoms with Gasteiger partial charge in [-0.05, 0) is 50.8 Å². The predicted octanol–water partition coefficient (Wildman–Crippen LogP) is 3.40. The molecule has 172 valence electrons. The van der Waals surface area contributed by atoms with E-state index in [9.17, 15) is 4.79 Å². The van der Waals surface area contributed by atoms with Gasteiger partial charge in [-0.2, -0.15) is 0 Å². The van der Waals surface area contributed by atoms with Gasteiger partial charge in [0, 0.05) is 38.6 Å². The number of nitrogens with one attached hydrogen (secondary N) is 2. The molecule has 1 saturated carbocycles. The van der Waals surface area contributed by atoms with E-state index in [-0.39, 0.29) is 35.9 Å². The molecular formula is C24H38IN5O. The van der Waals surface area contributed by atoms with E-state index in [0.717, 1.165) is 57.9 Å². The molecule has 2 heterocycles. The number of carbonyl (C=O) groups excluding carboxylic acids is 1. The minimum absolute atomic E-state index is 0. The van der Waals surface area contributed by atoms with Crippen molar-refractivity contribution in [2.24, 2.45) is 10.9 Å². The molecular weight excluding hydrogens is 501 g/mol. The van der Waals surface area contributed by atoms with Crippen molar-refractivity contribution in [1.82, 2.24) is 20.4 Å². The second kappa shape index (κ2) is 12.0. The van der Waals surface area contributed by atoms with Crippen LogP contribution >= 0.6 is 24.0 Å². The number of nitrogens with zero attached hydrogens (tertiary/aromatic N) is 3. The van der Waals surface area contributed by atoms with E-state index in [2.05, 4.69) is 55.8 Å². The lowest BCUT2D eigenvalue weighted by molar-refractivity contribution is -0.134. The number of benzene rings is 1. The topological polar surface area (TPSA) is 60.0 Å². The van der Waals surface area contributed by atoms with E-state index in [1.165, 1.54) is 31.2 Å². The lowest BCUT2D eigenvalue weighted by Gasteiger charge is -2.29. The number of carbonyl (C=O) groups is 1. The average molecular weight is 540 g/mol. The van der Waals surface area contributed by atoms with Gasteiger partial charge in [-0.3, -0.25) is 14.7 Å². The Hall–Kier alpha value is -1.35. The molecule has 7 heteroatoms. The number of halogens is 1. The third-order valence-electron chi connectivity index (χ3n) is 7.00. The molecule has 2 unspecified atom stereocenters. The van der Waals surface area contributed by atoms with E-state index < -0.39 is 0 Å². The smallest absolute Gasteiger partial charge is 0.225 e. The number of likely N-dealkylation sites (tertiary alicyclic amines) is 2.